The van der Waals surface area contributed by atoms with Crippen molar-refractivity contribution in [1.82, 2.24) is 4.90 Å². The lowest BCUT2D eigenvalue weighted by molar-refractivity contribution is 0.263. The van der Waals surface area contributed by atoms with Gasteiger partial charge in [-0.1, -0.05) is 0 Å². The van der Waals surface area contributed by atoms with Crippen molar-refractivity contribution in [2.24, 2.45) is 11.7 Å². The number of hydrogen-bond donors (Lipinski definition) is 1. The number of aryl methyl sites for hydroxylation is 1. The molecule has 0 amide bonds. The Hall–Kier alpha value is -0.800. The highest BCUT2D eigenvalue weighted by Gasteiger charge is 2.56. The van der Waals surface area contributed by atoms with Crippen LogP contribution in [0.15, 0.2) is 16.5 Å². The summed E-state index contributed by atoms with van der Waals surface area (Å²) in [6.45, 7) is 5.09. The van der Waals surface area contributed by atoms with E-state index in [1.807, 2.05) is 13.0 Å². The Morgan fingerprint density at radius 1 is 1.64 bits per heavy atom. The van der Waals surface area contributed by atoms with Gasteiger partial charge in [0.05, 0.1) is 6.54 Å². The van der Waals surface area contributed by atoms with Crippen molar-refractivity contribution in [2.75, 3.05) is 13.1 Å². The summed E-state index contributed by atoms with van der Waals surface area (Å²) in [5, 5.41) is 0. The van der Waals surface area contributed by atoms with Gasteiger partial charge in [-0.15, -0.1) is 0 Å². The third kappa shape index (κ3) is 1.28. The van der Waals surface area contributed by atoms with Gasteiger partial charge in [-0.25, -0.2) is 0 Å². The second kappa shape index (κ2) is 2.61. The molecular formula is C11H16N2O. The summed E-state index contributed by atoms with van der Waals surface area (Å²) in [5.41, 5.74) is 6.28. The molecule has 2 atom stereocenters. The smallest absolute Gasteiger partial charge is 0.118 e. The molecule has 2 N–H and O–H groups in total. The van der Waals surface area contributed by atoms with Gasteiger partial charge in [-0.05, 0) is 31.4 Å². The lowest BCUT2D eigenvalue weighted by Gasteiger charge is -2.17. The fourth-order valence-corrected chi connectivity index (χ4v) is 2.54. The van der Waals surface area contributed by atoms with Crippen LogP contribution < -0.4 is 5.73 Å². The first-order valence-electron chi connectivity index (χ1n) is 5.22. The van der Waals surface area contributed by atoms with Gasteiger partial charge in [-0.2, -0.15) is 0 Å². The van der Waals surface area contributed by atoms with E-state index in [0.717, 1.165) is 37.1 Å². The number of fused-ring (bicyclic) bond motifs is 1. The van der Waals surface area contributed by atoms with Gasteiger partial charge >= 0.3 is 0 Å². The summed E-state index contributed by atoms with van der Waals surface area (Å²) < 4.78 is 5.55. The highest BCUT2D eigenvalue weighted by atomic mass is 16.3. The van der Waals surface area contributed by atoms with E-state index in [2.05, 4.69) is 11.0 Å². The quantitative estimate of drug-likeness (QED) is 0.763. The van der Waals surface area contributed by atoms with Gasteiger partial charge in [0.25, 0.3) is 0 Å². The fourth-order valence-electron chi connectivity index (χ4n) is 2.54. The number of furan rings is 1. The molecule has 1 saturated carbocycles. The van der Waals surface area contributed by atoms with Crippen LogP contribution >= 0.6 is 0 Å². The summed E-state index contributed by atoms with van der Waals surface area (Å²) in [4.78, 5) is 2.40. The highest BCUT2D eigenvalue weighted by molar-refractivity contribution is 5.16. The first-order chi connectivity index (χ1) is 6.66. The Morgan fingerprint density at radius 3 is 3.07 bits per heavy atom. The Bertz CT molecular complexity index is 360. The number of hydrogen-bond acceptors (Lipinski definition) is 3. The second-order valence-corrected chi connectivity index (χ2v) is 4.82. The molecule has 3 nitrogen and oxygen atoms in total. The second-order valence-electron chi connectivity index (χ2n) is 4.82. The SMILES string of the molecule is Cc1ccc(CN2CC3CC3(N)C2)o1. The van der Waals surface area contributed by atoms with Crippen molar-refractivity contribution in [3.05, 3.63) is 23.7 Å². The van der Waals surface area contributed by atoms with Crippen molar-refractivity contribution in [1.29, 1.82) is 0 Å². The van der Waals surface area contributed by atoms with Crippen LogP contribution in [-0.4, -0.2) is 23.5 Å². The minimum Gasteiger partial charge on any atom is -0.465 e. The molecule has 0 spiro atoms. The standard InChI is InChI=1S/C11H16N2O/c1-8-2-3-10(14-8)6-13-5-9-4-11(9,12)7-13/h2-3,9H,4-7,12H2,1H3. The molecule has 2 unspecified atom stereocenters. The third-order valence-electron chi connectivity index (χ3n) is 3.45. The van der Waals surface area contributed by atoms with Crippen LogP contribution in [0.5, 0.6) is 0 Å². The first-order valence-corrected chi connectivity index (χ1v) is 5.22. The monoisotopic (exact) mass is 192 g/mol. The van der Waals surface area contributed by atoms with Gasteiger partial charge in [0.2, 0.25) is 0 Å². The molecule has 2 heterocycles. The Balaban J connectivity index is 1.64. The van der Waals surface area contributed by atoms with Gasteiger partial charge in [0.1, 0.15) is 11.5 Å². The molecule has 14 heavy (non-hydrogen) atoms. The largest absolute Gasteiger partial charge is 0.465 e. The molecule has 0 aromatic carbocycles. The van der Waals surface area contributed by atoms with Crippen LogP contribution in [-0.2, 0) is 6.54 Å². The molecule has 1 aromatic rings. The highest BCUT2D eigenvalue weighted by Crippen LogP contribution is 2.47. The van der Waals surface area contributed by atoms with E-state index < -0.39 is 0 Å². The predicted molar refractivity (Wildman–Crippen MR) is 53.7 cm³/mol. The van der Waals surface area contributed by atoms with Crippen LogP contribution in [0.1, 0.15) is 17.9 Å². The molecule has 3 heteroatoms. The Kier molecular flexibility index (Phi) is 1.59. The molecule has 1 aliphatic carbocycles. The number of nitrogens with two attached hydrogens (primary N) is 1. The molecule has 1 aliphatic heterocycles. The molecule has 0 bridgehead atoms. The van der Waals surface area contributed by atoms with E-state index in [9.17, 15) is 0 Å². The number of likely N-dealkylation sites (tertiary alicyclic amines) is 1. The maximum atomic E-state index is 6.13. The number of rotatable bonds is 2. The molecule has 0 radical (unpaired) electrons. The summed E-state index contributed by atoms with van der Waals surface area (Å²) >= 11 is 0. The van der Waals surface area contributed by atoms with Crippen LogP contribution in [0.2, 0.25) is 0 Å². The molecule has 1 saturated heterocycles. The van der Waals surface area contributed by atoms with Gasteiger partial charge in [0, 0.05) is 18.6 Å². The number of piperidine rings is 1. The first kappa shape index (κ1) is 8.50. The van der Waals surface area contributed by atoms with Gasteiger partial charge < -0.3 is 10.2 Å². The minimum absolute atomic E-state index is 0.154. The van der Waals surface area contributed by atoms with E-state index in [1.54, 1.807) is 0 Å². The zero-order chi connectivity index (χ0) is 9.76. The van der Waals surface area contributed by atoms with E-state index in [0.29, 0.717) is 0 Å². The van der Waals surface area contributed by atoms with E-state index in [4.69, 9.17) is 10.2 Å². The number of nitrogens with zero attached hydrogens (tertiary/aromatic N) is 1. The molecular weight excluding hydrogens is 176 g/mol. The zero-order valence-corrected chi connectivity index (χ0v) is 8.49. The van der Waals surface area contributed by atoms with Gasteiger partial charge in [-0.3, -0.25) is 4.90 Å². The minimum atomic E-state index is 0.154. The van der Waals surface area contributed by atoms with E-state index in [-0.39, 0.29) is 5.54 Å². The normalized spacial score (nSPS) is 36.0. The molecule has 2 fully saturated rings. The molecule has 1 aromatic heterocycles. The zero-order valence-electron chi connectivity index (χ0n) is 8.49. The fraction of sp³-hybridized carbons (Fsp3) is 0.636. The maximum Gasteiger partial charge on any atom is 0.118 e. The van der Waals surface area contributed by atoms with Crippen LogP contribution in [0, 0.1) is 12.8 Å². The topological polar surface area (TPSA) is 42.4 Å². The third-order valence-corrected chi connectivity index (χ3v) is 3.45. The van der Waals surface area contributed by atoms with Gasteiger partial charge in [0.15, 0.2) is 0 Å². The van der Waals surface area contributed by atoms with Crippen molar-refractivity contribution in [2.45, 2.75) is 25.4 Å². The predicted octanol–water partition coefficient (Wildman–Crippen LogP) is 1.12. The van der Waals surface area contributed by atoms with Crippen LogP contribution in [0.25, 0.3) is 0 Å². The average molecular weight is 192 g/mol. The maximum absolute atomic E-state index is 6.13. The summed E-state index contributed by atoms with van der Waals surface area (Å²) in [6, 6.07) is 4.08. The molecule has 2 aliphatic rings. The van der Waals surface area contributed by atoms with E-state index >= 15 is 0 Å². The summed E-state index contributed by atoms with van der Waals surface area (Å²) in [6.07, 6.45) is 1.22. The average Bonchev–Trinajstić information content (AvgIpc) is 2.46. The lowest BCUT2D eigenvalue weighted by atomic mass is 10.3. The molecule has 76 valence electrons. The lowest BCUT2D eigenvalue weighted by Crippen LogP contribution is -2.32. The van der Waals surface area contributed by atoms with Crippen molar-refractivity contribution in [3.63, 3.8) is 0 Å². The summed E-state index contributed by atoms with van der Waals surface area (Å²) in [5.74, 6) is 2.80. The van der Waals surface area contributed by atoms with Crippen molar-refractivity contribution < 1.29 is 4.42 Å². The summed E-state index contributed by atoms with van der Waals surface area (Å²) in [7, 11) is 0. The van der Waals surface area contributed by atoms with Crippen molar-refractivity contribution >= 4 is 0 Å². The molecule has 3 rings (SSSR count). The van der Waals surface area contributed by atoms with E-state index in [1.165, 1.54) is 6.42 Å². The van der Waals surface area contributed by atoms with Crippen molar-refractivity contribution in [3.8, 4) is 0 Å². The Morgan fingerprint density at radius 2 is 2.50 bits per heavy atom. The Labute approximate surface area is 83.9 Å². The van der Waals surface area contributed by atoms with Crippen LogP contribution in [0.3, 0.4) is 0 Å². The van der Waals surface area contributed by atoms with Crippen LogP contribution in [0.4, 0.5) is 0 Å².